The van der Waals surface area contributed by atoms with Crippen molar-refractivity contribution in [3.8, 4) is 0 Å². The van der Waals surface area contributed by atoms with Crippen LogP contribution in [0.2, 0.25) is 0 Å². The van der Waals surface area contributed by atoms with Crippen LogP contribution < -0.4 is 0 Å². The molecule has 1 heterocycles. The van der Waals surface area contributed by atoms with Gasteiger partial charge in [0.15, 0.2) is 0 Å². The average molecular weight is 311 g/mol. The van der Waals surface area contributed by atoms with Gasteiger partial charge < -0.3 is 4.42 Å². The van der Waals surface area contributed by atoms with E-state index in [1.807, 2.05) is 24.8 Å². The summed E-state index contributed by atoms with van der Waals surface area (Å²) < 4.78 is 5.30. The summed E-state index contributed by atoms with van der Waals surface area (Å²) in [6.07, 6.45) is 1.75. The average Bonchev–Trinajstić information content (AvgIpc) is 2.77. The minimum absolute atomic E-state index is 0.538. The van der Waals surface area contributed by atoms with Crippen LogP contribution in [0.15, 0.2) is 52.0 Å². The van der Waals surface area contributed by atoms with E-state index in [-0.39, 0.29) is 0 Å². The lowest BCUT2D eigenvalue weighted by Gasteiger charge is -2.13. The predicted octanol–water partition coefficient (Wildman–Crippen LogP) is 4.86. The first-order valence-corrected chi connectivity index (χ1v) is 7.69. The van der Waals surface area contributed by atoms with Crippen LogP contribution in [-0.4, -0.2) is 11.1 Å². The van der Waals surface area contributed by atoms with Gasteiger partial charge in [-0.25, -0.2) is 0 Å². The van der Waals surface area contributed by atoms with Crippen molar-refractivity contribution in [1.82, 2.24) is 0 Å². The highest BCUT2D eigenvalue weighted by atomic mass is 79.9. The van der Waals surface area contributed by atoms with Gasteiger partial charge in [-0.1, -0.05) is 46.3 Å². The van der Waals surface area contributed by atoms with Crippen molar-refractivity contribution in [2.45, 2.75) is 17.7 Å². The molecule has 1 nitrogen and oxygen atoms in total. The monoisotopic (exact) mass is 310 g/mol. The van der Waals surface area contributed by atoms with Gasteiger partial charge in [0.2, 0.25) is 0 Å². The van der Waals surface area contributed by atoms with E-state index in [1.165, 1.54) is 10.5 Å². The summed E-state index contributed by atoms with van der Waals surface area (Å²) in [7, 11) is 0. The largest absolute Gasteiger partial charge is 0.468 e. The number of thioether (sulfide) groups is 1. The second-order valence-electron chi connectivity index (χ2n) is 3.91. The topological polar surface area (TPSA) is 13.1 Å². The third-order valence-electron chi connectivity index (χ3n) is 2.71. The number of benzene rings is 1. The Hall–Kier alpha value is -0.670. The molecular formula is C14H15BrOS. The van der Waals surface area contributed by atoms with Gasteiger partial charge in [-0.2, -0.15) is 0 Å². The highest BCUT2D eigenvalue weighted by molar-refractivity contribution is 9.09. The molecule has 3 heteroatoms. The maximum absolute atomic E-state index is 5.30. The van der Waals surface area contributed by atoms with Gasteiger partial charge in [0.1, 0.15) is 5.76 Å². The standard InChI is InChI=1S/C14H15BrOS/c1-11-14(7-8-16-11)17-10-13(9-15)12-5-3-2-4-6-12/h2-8,13H,9-10H2,1H3. The van der Waals surface area contributed by atoms with Gasteiger partial charge in [0, 0.05) is 21.9 Å². The summed E-state index contributed by atoms with van der Waals surface area (Å²) in [6.45, 7) is 2.01. The van der Waals surface area contributed by atoms with E-state index in [0.717, 1.165) is 16.8 Å². The van der Waals surface area contributed by atoms with Crippen LogP contribution in [0, 0.1) is 6.92 Å². The van der Waals surface area contributed by atoms with Gasteiger partial charge >= 0.3 is 0 Å². The third-order valence-corrected chi connectivity index (χ3v) is 4.79. The maximum Gasteiger partial charge on any atom is 0.114 e. The lowest BCUT2D eigenvalue weighted by molar-refractivity contribution is 0.527. The van der Waals surface area contributed by atoms with Gasteiger partial charge in [-0.3, -0.25) is 0 Å². The number of furan rings is 1. The van der Waals surface area contributed by atoms with Crippen molar-refractivity contribution >= 4 is 27.7 Å². The molecule has 0 spiro atoms. The minimum atomic E-state index is 0.538. The fourth-order valence-corrected chi connectivity index (χ4v) is 3.67. The van der Waals surface area contributed by atoms with Crippen molar-refractivity contribution in [3.05, 3.63) is 54.0 Å². The summed E-state index contributed by atoms with van der Waals surface area (Å²) in [4.78, 5) is 1.24. The fraction of sp³-hybridized carbons (Fsp3) is 0.286. The number of hydrogen-bond acceptors (Lipinski definition) is 2. The van der Waals surface area contributed by atoms with Crippen molar-refractivity contribution in [2.75, 3.05) is 11.1 Å². The molecule has 2 aromatic rings. The molecule has 0 aliphatic rings. The van der Waals surface area contributed by atoms with E-state index in [9.17, 15) is 0 Å². The molecule has 0 aliphatic carbocycles. The summed E-state index contributed by atoms with van der Waals surface area (Å²) in [6, 6.07) is 12.7. The van der Waals surface area contributed by atoms with E-state index in [4.69, 9.17) is 4.42 Å². The number of rotatable bonds is 5. The zero-order chi connectivity index (χ0) is 12.1. The second-order valence-corrected chi connectivity index (χ2v) is 5.62. The Bertz CT molecular complexity index is 452. The van der Waals surface area contributed by atoms with Crippen LogP contribution >= 0.6 is 27.7 Å². The Morgan fingerprint density at radius 1 is 1.24 bits per heavy atom. The zero-order valence-corrected chi connectivity index (χ0v) is 12.1. The van der Waals surface area contributed by atoms with Crippen LogP contribution in [-0.2, 0) is 0 Å². The van der Waals surface area contributed by atoms with Crippen LogP contribution in [0.5, 0.6) is 0 Å². The van der Waals surface area contributed by atoms with Gasteiger partial charge in [-0.15, -0.1) is 11.8 Å². The molecule has 0 amide bonds. The lowest BCUT2D eigenvalue weighted by Crippen LogP contribution is -2.03. The first-order chi connectivity index (χ1) is 8.31. The van der Waals surface area contributed by atoms with Crippen molar-refractivity contribution < 1.29 is 4.42 Å². The Morgan fingerprint density at radius 2 is 2.00 bits per heavy atom. The first-order valence-electron chi connectivity index (χ1n) is 5.59. The minimum Gasteiger partial charge on any atom is -0.468 e. The molecule has 0 saturated carbocycles. The van der Waals surface area contributed by atoms with Crippen LogP contribution in [0.1, 0.15) is 17.2 Å². The molecule has 90 valence electrons. The number of aryl methyl sites for hydroxylation is 1. The van der Waals surface area contributed by atoms with Crippen molar-refractivity contribution in [1.29, 1.82) is 0 Å². The van der Waals surface area contributed by atoms with E-state index < -0.39 is 0 Å². The molecule has 1 aromatic heterocycles. The second kappa shape index (κ2) is 6.31. The quantitative estimate of drug-likeness (QED) is 0.578. The fourth-order valence-electron chi connectivity index (χ4n) is 1.67. The van der Waals surface area contributed by atoms with Gasteiger partial charge in [0.25, 0.3) is 0 Å². The smallest absolute Gasteiger partial charge is 0.114 e. The Morgan fingerprint density at radius 3 is 2.59 bits per heavy atom. The summed E-state index contributed by atoms with van der Waals surface area (Å²) >= 11 is 5.46. The van der Waals surface area contributed by atoms with Crippen LogP contribution in [0.4, 0.5) is 0 Å². The van der Waals surface area contributed by atoms with Crippen LogP contribution in [0.3, 0.4) is 0 Å². The van der Waals surface area contributed by atoms with Gasteiger partial charge in [0.05, 0.1) is 6.26 Å². The number of halogens is 1. The summed E-state index contributed by atoms with van der Waals surface area (Å²) in [5, 5.41) is 0.987. The number of alkyl halides is 1. The van der Waals surface area contributed by atoms with Gasteiger partial charge in [-0.05, 0) is 18.6 Å². The number of hydrogen-bond donors (Lipinski definition) is 0. The molecule has 17 heavy (non-hydrogen) atoms. The first kappa shape index (κ1) is 12.8. The molecule has 1 atom stereocenters. The Balaban J connectivity index is 1.99. The molecule has 0 bridgehead atoms. The highest BCUT2D eigenvalue weighted by Gasteiger charge is 2.11. The van der Waals surface area contributed by atoms with Crippen LogP contribution in [0.25, 0.3) is 0 Å². The highest BCUT2D eigenvalue weighted by Crippen LogP contribution is 2.29. The molecule has 0 aliphatic heterocycles. The zero-order valence-electron chi connectivity index (χ0n) is 9.73. The Kier molecular flexibility index (Phi) is 4.75. The van der Waals surface area contributed by atoms with E-state index in [0.29, 0.717) is 5.92 Å². The SMILES string of the molecule is Cc1occc1SCC(CBr)c1ccccc1. The third kappa shape index (κ3) is 3.39. The van der Waals surface area contributed by atoms with Crippen molar-refractivity contribution in [3.63, 3.8) is 0 Å². The lowest BCUT2D eigenvalue weighted by atomic mass is 10.0. The maximum atomic E-state index is 5.30. The Labute approximate surface area is 115 Å². The summed E-state index contributed by atoms with van der Waals surface area (Å²) in [5.74, 6) is 2.61. The predicted molar refractivity (Wildman–Crippen MR) is 77.1 cm³/mol. The molecular weight excluding hydrogens is 296 g/mol. The molecule has 1 aromatic carbocycles. The van der Waals surface area contributed by atoms with Crippen molar-refractivity contribution in [2.24, 2.45) is 0 Å². The van der Waals surface area contributed by atoms with E-state index in [2.05, 4.69) is 46.3 Å². The molecule has 0 saturated heterocycles. The van der Waals surface area contributed by atoms with E-state index >= 15 is 0 Å². The molecule has 0 radical (unpaired) electrons. The molecule has 2 rings (SSSR count). The molecule has 1 unspecified atom stereocenters. The summed E-state index contributed by atoms with van der Waals surface area (Å²) in [5.41, 5.74) is 1.39. The molecule has 0 N–H and O–H groups in total. The van der Waals surface area contributed by atoms with E-state index in [1.54, 1.807) is 6.26 Å². The molecule has 0 fully saturated rings. The normalized spacial score (nSPS) is 12.6.